The first kappa shape index (κ1) is 14.4. The van der Waals surface area contributed by atoms with Gasteiger partial charge in [0.05, 0.1) is 13.2 Å². The summed E-state index contributed by atoms with van der Waals surface area (Å²) < 4.78 is 5.58. The van der Waals surface area contributed by atoms with Crippen molar-refractivity contribution in [2.75, 3.05) is 39.4 Å². The molecular formula is C14H26N2O. The maximum atomic E-state index is 5.58. The highest BCUT2D eigenvalue weighted by Crippen LogP contribution is 2.15. The average molecular weight is 238 g/mol. The molecule has 98 valence electrons. The molecule has 0 radical (unpaired) electrons. The zero-order chi connectivity index (χ0) is 12.5. The Morgan fingerprint density at radius 3 is 2.59 bits per heavy atom. The van der Waals surface area contributed by atoms with Gasteiger partial charge in [-0.25, -0.2) is 0 Å². The molecule has 3 heteroatoms. The Labute approximate surface area is 106 Å². The van der Waals surface area contributed by atoms with E-state index in [4.69, 9.17) is 4.74 Å². The quantitative estimate of drug-likeness (QED) is 0.619. The molecule has 1 aliphatic heterocycles. The van der Waals surface area contributed by atoms with Gasteiger partial charge in [-0.05, 0) is 13.0 Å². The van der Waals surface area contributed by atoms with Crippen molar-refractivity contribution in [3.05, 3.63) is 25.3 Å². The highest BCUT2D eigenvalue weighted by Gasteiger charge is 2.28. The third kappa shape index (κ3) is 5.02. The van der Waals surface area contributed by atoms with Gasteiger partial charge in [0.2, 0.25) is 0 Å². The molecule has 2 unspecified atom stereocenters. The number of rotatable bonds is 9. The van der Waals surface area contributed by atoms with Crippen molar-refractivity contribution in [2.24, 2.45) is 5.92 Å². The van der Waals surface area contributed by atoms with E-state index in [2.05, 4.69) is 30.3 Å². The van der Waals surface area contributed by atoms with Gasteiger partial charge < -0.3 is 10.1 Å². The van der Waals surface area contributed by atoms with Gasteiger partial charge in [0.25, 0.3) is 0 Å². The second kappa shape index (κ2) is 8.45. The predicted octanol–water partition coefficient (Wildman–Crippen LogP) is 1.67. The van der Waals surface area contributed by atoms with Crippen LogP contribution in [0.3, 0.4) is 0 Å². The fourth-order valence-electron chi connectivity index (χ4n) is 2.25. The molecule has 1 saturated heterocycles. The third-order valence-electron chi connectivity index (χ3n) is 3.12. The Balaban J connectivity index is 2.40. The minimum atomic E-state index is 0.507. The van der Waals surface area contributed by atoms with Crippen LogP contribution in [0.5, 0.6) is 0 Å². The van der Waals surface area contributed by atoms with Crippen LogP contribution in [-0.4, -0.2) is 50.3 Å². The van der Waals surface area contributed by atoms with Crippen LogP contribution in [0.2, 0.25) is 0 Å². The summed E-state index contributed by atoms with van der Waals surface area (Å²) in [5, 5.41) is 3.57. The smallest absolute Gasteiger partial charge is 0.0623 e. The van der Waals surface area contributed by atoms with Gasteiger partial charge >= 0.3 is 0 Å². The molecule has 0 aromatic rings. The van der Waals surface area contributed by atoms with Crippen molar-refractivity contribution in [1.82, 2.24) is 10.2 Å². The largest absolute Gasteiger partial charge is 0.379 e. The van der Waals surface area contributed by atoms with Crippen molar-refractivity contribution < 1.29 is 4.74 Å². The van der Waals surface area contributed by atoms with Crippen molar-refractivity contribution in [3.8, 4) is 0 Å². The van der Waals surface area contributed by atoms with E-state index in [0.717, 1.165) is 39.4 Å². The van der Waals surface area contributed by atoms with E-state index < -0.39 is 0 Å². The van der Waals surface area contributed by atoms with Crippen molar-refractivity contribution in [3.63, 3.8) is 0 Å². The Morgan fingerprint density at radius 2 is 2.00 bits per heavy atom. The number of hydrogen-bond donors (Lipinski definition) is 1. The SMILES string of the molecule is C=CCN(CC=C)CC1COCC1NCCC. The summed E-state index contributed by atoms with van der Waals surface area (Å²) in [6.07, 6.45) is 5.08. The van der Waals surface area contributed by atoms with Gasteiger partial charge in [-0.3, -0.25) is 4.90 Å². The zero-order valence-corrected chi connectivity index (χ0v) is 11.0. The number of nitrogens with zero attached hydrogens (tertiary/aromatic N) is 1. The van der Waals surface area contributed by atoms with Crippen LogP contribution in [0.15, 0.2) is 25.3 Å². The van der Waals surface area contributed by atoms with Gasteiger partial charge in [-0.1, -0.05) is 19.1 Å². The first-order valence-corrected chi connectivity index (χ1v) is 6.57. The molecule has 0 aromatic carbocycles. The monoisotopic (exact) mass is 238 g/mol. The lowest BCUT2D eigenvalue weighted by Crippen LogP contribution is -2.42. The van der Waals surface area contributed by atoms with Crippen molar-refractivity contribution >= 4 is 0 Å². The average Bonchev–Trinajstić information content (AvgIpc) is 2.74. The molecule has 17 heavy (non-hydrogen) atoms. The van der Waals surface area contributed by atoms with Gasteiger partial charge in [0, 0.05) is 31.6 Å². The van der Waals surface area contributed by atoms with Crippen molar-refractivity contribution in [1.29, 1.82) is 0 Å². The van der Waals surface area contributed by atoms with Crippen LogP contribution >= 0.6 is 0 Å². The van der Waals surface area contributed by atoms with Crippen LogP contribution in [0.4, 0.5) is 0 Å². The molecule has 2 atom stereocenters. The summed E-state index contributed by atoms with van der Waals surface area (Å²) in [7, 11) is 0. The highest BCUT2D eigenvalue weighted by molar-refractivity contribution is 4.87. The standard InChI is InChI=1S/C14H26N2O/c1-4-7-15-14-12-17-11-13(14)10-16(8-5-2)9-6-3/h5-6,13-15H,2-4,7-12H2,1H3. The van der Waals surface area contributed by atoms with Crippen LogP contribution < -0.4 is 5.32 Å². The number of hydrogen-bond acceptors (Lipinski definition) is 3. The Bertz CT molecular complexity index is 220. The summed E-state index contributed by atoms with van der Waals surface area (Å²) >= 11 is 0. The fraction of sp³-hybridized carbons (Fsp3) is 0.714. The first-order chi connectivity index (χ1) is 8.31. The van der Waals surface area contributed by atoms with Crippen LogP contribution in [0.1, 0.15) is 13.3 Å². The highest BCUT2D eigenvalue weighted by atomic mass is 16.5. The summed E-state index contributed by atoms with van der Waals surface area (Å²) in [5.74, 6) is 0.585. The first-order valence-electron chi connectivity index (χ1n) is 6.57. The Kier molecular flexibility index (Phi) is 7.17. The molecule has 0 amide bonds. The summed E-state index contributed by atoms with van der Waals surface area (Å²) in [6.45, 7) is 15.5. The van der Waals surface area contributed by atoms with Gasteiger partial charge in [0.1, 0.15) is 0 Å². The molecule has 0 bridgehead atoms. The summed E-state index contributed by atoms with van der Waals surface area (Å²) in [6, 6.07) is 0.507. The topological polar surface area (TPSA) is 24.5 Å². The maximum absolute atomic E-state index is 5.58. The molecule has 0 spiro atoms. The van der Waals surface area contributed by atoms with E-state index in [1.165, 1.54) is 6.42 Å². The van der Waals surface area contributed by atoms with E-state index >= 15 is 0 Å². The number of ether oxygens (including phenoxy) is 1. The van der Waals surface area contributed by atoms with E-state index in [1.807, 2.05) is 12.2 Å². The molecule has 0 aliphatic carbocycles. The molecule has 0 aromatic heterocycles. The molecular weight excluding hydrogens is 212 g/mol. The van der Waals surface area contributed by atoms with E-state index in [0.29, 0.717) is 12.0 Å². The van der Waals surface area contributed by atoms with Crippen LogP contribution in [-0.2, 0) is 4.74 Å². The molecule has 1 aliphatic rings. The molecule has 1 fully saturated rings. The lowest BCUT2D eigenvalue weighted by Gasteiger charge is -2.26. The Morgan fingerprint density at radius 1 is 1.29 bits per heavy atom. The molecule has 1 heterocycles. The van der Waals surface area contributed by atoms with Gasteiger partial charge in [-0.2, -0.15) is 0 Å². The lowest BCUT2D eigenvalue weighted by atomic mass is 10.0. The molecule has 3 nitrogen and oxygen atoms in total. The summed E-state index contributed by atoms with van der Waals surface area (Å²) in [4.78, 5) is 2.36. The molecule has 1 rings (SSSR count). The van der Waals surface area contributed by atoms with Gasteiger partial charge in [-0.15, -0.1) is 13.2 Å². The maximum Gasteiger partial charge on any atom is 0.0623 e. The van der Waals surface area contributed by atoms with Gasteiger partial charge in [0.15, 0.2) is 0 Å². The normalized spacial score (nSPS) is 24.1. The lowest BCUT2D eigenvalue weighted by molar-refractivity contribution is 0.173. The van der Waals surface area contributed by atoms with Crippen LogP contribution in [0.25, 0.3) is 0 Å². The second-order valence-electron chi connectivity index (χ2n) is 4.65. The second-order valence-corrected chi connectivity index (χ2v) is 4.65. The minimum Gasteiger partial charge on any atom is -0.379 e. The van der Waals surface area contributed by atoms with Crippen molar-refractivity contribution in [2.45, 2.75) is 19.4 Å². The predicted molar refractivity (Wildman–Crippen MR) is 73.2 cm³/mol. The van der Waals surface area contributed by atoms with E-state index in [-0.39, 0.29) is 0 Å². The van der Waals surface area contributed by atoms with Crippen LogP contribution in [0, 0.1) is 5.92 Å². The Hall–Kier alpha value is -0.640. The third-order valence-corrected chi connectivity index (χ3v) is 3.12. The molecule has 0 saturated carbocycles. The molecule has 1 N–H and O–H groups in total. The zero-order valence-electron chi connectivity index (χ0n) is 11.0. The fourth-order valence-corrected chi connectivity index (χ4v) is 2.25. The summed E-state index contributed by atoms with van der Waals surface area (Å²) in [5.41, 5.74) is 0. The minimum absolute atomic E-state index is 0.507. The van der Waals surface area contributed by atoms with E-state index in [1.54, 1.807) is 0 Å². The van der Waals surface area contributed by atoms with E-state index in [9.17, 15) is 0 Å². The number of nitrogens with one attached hydrogen (secondary N) is 1.